The molecule has 0 heterocycles. The van der Waals surface area contributed by atoms with Crippen LogP contribution in [0.2, 0.25) is 0 Å². The van der Waals surface area contributed by atoms with Crippen molar-refractivity contribution in [1.29, 1.82) is 0 Å². The Morgan fingerprint density at radius 1 is 0.821 bits per heavy atom. The van der Waals surface area contributed by atoms with E-state index in [1.54, 1.807) is 0 Å². The van der Waals surface area contributed by atoms with Gasteiger partial charge < -0.3 is 0 Å². The fourth-order valence-electron chi connectivity index (χ4n) is 9.23. The third kappa shape index (κ3) is 3.61. The fraction of sp³-hybridized carbons (Fsp3) is 1.00. The molecule has 0 aromatic carbocycles. The molecule has 4 fully saturated rings. The molecule has 0 saturated heterocycles. The van der Waals surface area contributed by atoms with Crippen molar-refractivity contribution in [2.75, 3.05) is 0 Å². The first-order valence-electron chi connectivity index (χ1n) is 12.9. The second kappa shape index (κ2) is 8.09. The van der Waals surface area contributed by atoms with Gasteiger partial charge in [0, 0.05) is 5.38 Å². The quantitative estimate of drug-likeness (QED) is 0.400. The summed E-state index contributed by atoms with van der Waals surface area (Å²) in [5.74, 6) is 6.77. The van der Waals surface area contributed by atoms with E-state index in [1.165, 1.54) is 77.0 Å². The molecule has 2 unspecified atom stereocenters. The number of fused-ring (bicyclic) bond motifs is 5. The predicted molar refractivity (Wildman–Crippen MR) is 123 cm³/mol. The molecule has 0 bridgehead atoms. The van der Waals surface area contributed by atoms with E-state index in [2.05, 4.69) is 34.6 Å². The third-order valence-electron chi connectivity index (χ3n) is 10.8. The Balaban J connectivity index is 1.46. The Labute approximate surface area is 181 Å². The first-order valence-corrected chi connectivity index (χ1v) is 13.3. The van der Waals surface area contributed by atoms with Crippen LogP contribution in [0.1, 0.15) is 112 Å². The molecular formula is C27H47Cl. The summed E-state index contributed by atoms with van der Waals surface area (Å²) in [6, 6.07) is 0. The van der Waals surface area contributed by atoms with Crippen molar-refractivity contribution in [3.05, 3.63) is 0 Å². The summed E-state index contributed by atoms with van der Waals surface area (Å²) in [7, 11) is 0. The Morgan fingerprint density at radius 2 is 1.54 bits per heavy atom. The van der Waals surface area contributed by atoms with Gasteiger partial charge in [-0.3, -0.25) is 0 Å². The van der Waals surface area contributed by atoms with Gasteiger partial charge in [-0.1, -0.05) is 53.9 Å². The molecule has 9 atom stereocenters. The number of alkyl halides is 1. The zero-order valence-electron chi connectivity index (χ0n) is 19.5. The molecule has 0 amide bonds. The van der Waals surface area contributed by atoms with Gasteiger partial charge in [-0.25, -0.2) is 0 Å². The smallest absolute Gasteiger partial charge is 0.0339 e. The van der Waals surface area contributed by atoms with Crippen molar-refractivity contribution in [2.45, 2.75) is 117 Å². The molecule has 0 aromatic rings. The molecule has 0 N–H and O–H groups in total. The molecule has 0 radical (unpaired) electrons. The fourth-order valence-corrected chi connectivity index (χ4v) is 9.55. The first-order chi connectivity index (χ1) is 13.3. The van der Waals surface area contributed by atoms with Crippen molar-refractivity contribution < 1.29 is 0 Å². The lowest BCUT2D eigenvalue weighted by Gasteiger charge is -2.61. The minimum absolute atomic E-state index is 0.464. The topological polar surface area (TPSA) is 0 Å². The molecular weight excluding hydrogens is 360 g/mol. The molecule has 4 aliphatic carbocycles. The second-order valence-electron chi connectivity index (χ2n) is 12.6. The molecule has 4 rings (SSSR count). The van der Waals surface area contributed by atoms with Crippen LogP contribution in [0.5, 0.6) is 0 Å². The highest BCUT2D eigenvalue weighted by Gasteiger charge is 2.60. The number of halogens is 1. The van der Waals surface area contributed by atoms with Crippen LogP contribution in [-0.2, 0) is 0 Å². The maximum absolute atomic E-state index is 6.60. The first kappa shape index (κ1) is 21.5. The summed E-state index contributed by atoms with van der Waals surface area (Å²) in [5, 5.41) is 0.464. The minimum atomic E-state index is 0.464. The molecule has 0 spiro atoms. The molecule has 4 aliphatic rings. The van der Waals surface area contributed by atoms with Gasteiger partial charge >= 0.3 is 0 Å². The lowest BCUT2D eigenvalue weighted by atomic mass is 9.44. The van der Waals surface area contributed by atoms with E-state index in [0.29, 0.717) is 16.2 Å². The van der Waals surface area contributed by atoms with Crippen LogP contribution in [0.15, 0.2) is 0 Å². The Hall–Kier alpha value is 0.290. The van der Waals surface area contributed by atoms with Gasteiger partial charge in [0.25, 0.3) is 0 Å². The van der Waals surface area contributed by atoms with Gasteiger partial charge in [0.15, 0.2) is 0 Å². The summed E-state index contributed by atoms with van der Waals surface area (Å²) in [4.78, 5) is 0. The predicted octanol–water partition coefficient (Wildman–Crippen LogP) is 8.72. The third-order valence-corrected chi connectivity index (χ3v) is 11.2. The van der Waals surface area contributed by atoms with Gasteiger partial charge in [-0.15, -0.1) is 11.6 Å². The van der Waals surface area contributed by atoms with Crippen LogP contribution in [0, 0.1) is 52.3 Å². The van der Waals surface area contributed by atoms with Gasteiger partial charge in [-0.2, -0.15) is 0 Å². The van der Waals surface area contributed by atoms with Crippen LogP contribution in [-0.4, -0.2) is 5.38 Å². The lowest BCUT2D eigenvalue weighted by molar-refractivity contribution is -0.113. The van der Waals surface area contributed by atoms with Crippen LogP contribution in [0.25, 0.3) is 0 Å². The van der Waals surface area contributed by atoms with E-state index in [4.69, 9.17) is 11.6 Å². The molecule has 28 heavy (non-hydrogen) atoms. The summed E-state index contributed by atoms with van der Waals surface area (Å²) in [6.07, 6.45) is 17.4. The molecule has 162 valence electrons. The van der Waals surface area contributed by atoms with Gasteiger partial charge in [0.2, 0.25) is 0 Å². The highest BCUT2D eigenvalue weighted by atomic mass is 35.5. The van der Waals surface area contributed by atoms with Crippen molar-refractivity contribution in [3.63, 3.8) is 0 Å². The maximum Gasteiger partial charge on any atom is 0.0339 e. The highest BCUT2D eigenvalue weighted by Crippen LogP contribution is 2.68. The Bertz CT molecular complexity index is 540. The lowest BCUT2D eigenvalue weighted by Crippen LogP contribution is -2.53. The highest BCUT2D eigenvalue weighted by molar-refractivity contribution is 6.20. The largest absolute Gasteiger partial charge is 0.123 e. The zero-order valence-corrected chi connectivity index (χ0v) is 20.2. The van der Waals surface area contributed by atoms with E-state index >= 15 is 0 Å². The number of hydrogen-bond acceptors (Lipinski definition) is 0. The summed E-state index contributed by atoms with van der Waals surface area (Å²) in [5.41, 5.74) is 1.25. The van der Waals surface area contributed by atoms with Crippen LogP contribution in [0.4, 0.5) is 0 Å². The average Bonchev–Trinajstić information content (AvgIpc) is 2.99. The van der Waals surface area contributed by atoms with E-state index in [9.17, 15) is 0 Å². The Kier molecular flexibility index (Phi) is 6.22. The summed E-state index contributed by atoms with van der Waals surface area (Å²) < 4.78 is 0. The second-order valence-corrected chi connectivity index (χ2v) is 13.2. The van der Waals surface area contributed by atoms with E-state index in [1.807, 2.05) is 0 Å². The molecule has 0 aromatic heterocycles. The van der Waals surface area contributed by atoms with Crippen molar-refractivity contribution in [2.24, 2.45) is 52.3 Å². The van der Waals surface area contributed by atoms with E-state index < -0.39 is 0 Å². The van der Waals surface area contributed by atoms with Crippen molar-refractivity contribution >= 4 is 11.6 Å². The molecule has 1 heteroatoms. The summed E-state index contributed by atoms with van der Waals surface area (Å²) >= 11 is 6.60. The van der Waals surface area contributed by atoms with Gasteiger partial charge in [0.05, 0.1) is 0 Å². The molecule has 0 nitrogen and oxygen atoms in total. The monoisotopic (exact) mass is 406 g/mol. The van der Waals surface area contributed by atoms with Crippen molar-refractivity contribution in [3.8, 4) is 0 Å². The average molecular weight is 407 g/mol. The van der Waals surface area contributed by atoms with Crippen LogP contribution >= 0.6 is 11.6 Å². The maximum atomic E-state index is 6.60. The van der Waals surface area contributed by atoms with E-state index in [0.717, 1.165) is 41.4 Å². The Morgan fingerprint density at radius 3 is 2.29 bits per heavy atom. The SMILES string of the molecule is CC(C)CCC[C@@H](C)[C@H]1CC[C@H]2[C@@H]3CCC4CC(Cl)CC[C@]4(C)[C@H]3CC[C@]12C. The van der Waals surface area contributed by atoms with Crippen LogP contribution in [0.3, 0.4) is 0 Å². The normalized spacial score (nSPS) is 49.4. The van der Waals surface area contributed by atoms with Crippen molar-refractivity contribution in [1.82, 2.24) is 0 Å². The molecule has 0 aliphatic heterocycles. The van der Waals surface area contributed by atoms with Gasteiger partial charge in [-0.05, 0) is 110 Å². The van der Waals surface area contributed by atoms with Crippen LogP contribution < -0.4 is 0 Å². The number of rotatable bonds is 5. The van der Waals surface area contributed by atoms with E-state index in [-0.39, 0.29) is 0 Å². The number of hydrogen-bond donors (Lipinski definition) is 0. The van der Waals surface area contributed by atoms with Gasteiger partial charge in [0.1, 0.15) is 0 Å². The standard InChI is InChI=1S/C27H47Cl/c1-18(2)7-6-8-19(3)23-11-12-24-22-10-9-20-17-21(28)13-15-26(20,4)25(22)14-16-27(23,24)5/h18-25H,6-17H2,1-5H3/t19-,20?,21?,22+,23-,24+,25+,26+,27-/m1/s1. The minimum Gasteiger partial charge on any atom is -0.123 e. The molecule has 4 saturated carbocycles. The summed E-state index contributed by atoms with van der Waals surface area (Å²) in [6.45, 7) is 12.8. The zero-order chi connectivity index (χ0) is 20.1.